The van der Waals surface area contributed by atoms with Crippen LogP contribution >= 0.6 is 0 Å². The number of aliphatic imine (C=N–C) groups is 1. The summed E-state index contributed by atoms with van der Waals surface area (Å²) in [5.41, 5.74) is -0.708. The van der Waals surface area contributed by atoms with Crippen LogP contribution in [0.3, 0.4) is 0 Å². The number of rotatable bonds is 7. The van der Waals surface area contributed by atoms with Crippen molar-refractivity contribution >= 4 is 5.96 Å². The summed E-state index contributed by atoms with van der Waals surface area (Å²) in [5.74, 6) is 0.898. The van der Waals surface area contributed by atoms with Gasteiger partial charge in [0.25, 0.3) is 0 Å². The number of halogens is 3. The molecule has 1 heterocycles. The number of piperidine rings is 1. The Kier molecular flexibility index (Phi) is 8.22. The minimum atomic E-state index is -4.36. The Morgan fingerprint density at radius 1 is 1.30 bits per heavy atom. The number of ether oxygens (including phenoxy) is 1. The molecule has 0 aromatic heterocycles. The lowest BCUT2D eigenvalue weighted by atomic mass is 10.1. The van der Waals surface area contributed by atoms with Crippen LogP contribution in [0.4, 0.5) is 13.2 Å². The molecule has 1 aliphatic heterocycles. The minimum absolute atomic E-state index is 0.206. The van der Waals surface area contributed by atoms with Crippen LogP contribution in [0.5, 0.6) is 5.75 Å². The van der Waals surface area contributed by atoms with Gasteiger partial charge in [0.15, 0.2) is 5.96 Å². The van der Waals surface area contributed by atoms with Gasteiger partial charge in [-0.3, -0.25) is 4.99 Å². The zero-order chi connectivity index (χ0) is 19.7. The van der Waals surface area contributed by atoms with E-state index in [1.165, 1.54) is 18.6 Å². The molecule has 1 aromatic rings. The van der Waals surface area contributed by atoms with Gasteiger partial charge in [0.05, 0.1) is 12.1 Å². The summed E-state index contributed by atoms with van der Waals surface area (Å²) in [5, 5.41) is 6.55. The molecule has 0 atom stereocenters. The highest BCUT2D eigenvalue weighted by Crippen LogP contribution is 2.31. The summed E-state index contributed by atoms with van der Waals surface area (Å²) in [7, 11) is 1.70. The molecule has 0 unspecified atom stereocenters. The smallest absolute Gasteiger partial charge is 0.416 e. The maximum absolute atomic E-state index is 12.7. The first-order valence-corrected chi connectivity index (χ1v) is 9.42. The van der Waals surface area contributed by atoms with Gasteiger partial charge in [0.2, 0.25) is 0 Å². The fourth-order valence-electron chi connectivity index (χ4n) is 3.11. The van der Waals surface area contributed by atoms with Crippen LogP contribution in [0.15, 0.2) is 29.3 Å². The molecular formula is C19H29F3N4O. The van der Waals surface area contributed by atoms with Crippen molar-refractivity contribution in [3.63, 3.8) is 0 Å². The molecular weight excluding hydrogens is 357 g/mol. The summed E-state index contributed by atoms with van der Waals surface area (Å²) < 4.78 is 43.5. The number of hydrogen-bond acceptors (Lipinski definition) is 3. The van der Waals surface area contributed by atoms with Crippen molar-refractivity contribution in [1.29, 1.82) is 0 Å². The van der Waals surface area contributed by atoms with Gasteiger partial charge in [0.1, 0.15) is 12.4 Å². The van der Waals surface area contributed by atoms with E-state index in [1.807, 2.05) is 0 Å². The summed E-state index contributed by atoms with van der Waals surface area (Å²) in [6, 6.07) is 5.29. The average molecular weight is 386 g/mol. The van der Waals surface area contributed by atoms with Crippen LogP contribution in [0.2, 0.25) is 0 Å². The molecule has 1 aromatic carbocycles. The number of likely N-dealkylation sites (tertiary alicyclic amines) is 1. The monoisotopic (exact) mass is 386 g/mol. The van der Waals surface area contributed by atoms with E-state index in [9.17, 15) is 13.2 Å². The first-order valence-electron chi connectivity index (χ1n) is 9.42. The molecule has 0 radical (unpaired) electrons. The maximum Gasteiger partial charge on any atom is 0.416 e. The van der Waals surface area contributed by atoms with Gasteiger partial charge in [0, 0.05) is 26.2 Å². The lowest BCUT2D eigenvalue weighted by molar-refractivity contribution is -0.137. The molecule has 152 valence electrons. The Morgan fingerprint density at radius 3 is 2.67 bits per heavy atom. The average Bonchev–Trinajstić information content (AvgIpc) is 2.65. The Labute approximate surface area is 159 Å². The third-order valence-corrected chi connectivity index (χ3v) is 4.52. The topological polar surface area (TPSA) is 48.9 Å². The van der Waals surface area contributed by atoms with Crippen molar-refractivity contribution in [2.24, 2.45) is 4.99 Å². The SMILES string of the molecule is CCCN1CCC(NC(=NC)NCCOc2cccc(C(F)(F)F)c2)CC1. The van der Waals surface area contributed by atoms with Crippen LogP contribution in [0, 0.1) is 0 Å². The van der Waals surface area contributed by atoms with E-state index in [4.69, 9.17) is 4.74 Å². The van der Waals surface area contributed by atoms with Crippen molar-refractivity contribution in [2.45, 2.75) is 38.4 Å². The minimum Gasteiger partial charge on any atom is -0.492 e. The standard InChI is InChI=1S/C19H29F3N4O/c1-3-10-26-11-7-16(8-12-26)25-18(23-2)24-9-13-27-17-6-4-5-15(14-17)19(20,21)22/h4-6,14,16H,3,7-13H2,1-2H3,(H2,23,24,25). The van der Waals surface area contributed by atoms with Crippen molar-refractivity contribution < 1.29 is 17.9 Å². The highest BCUT2D eigenvalue weighted by atomic mass is 19.4. The van der Waals surface area contributed by atoms with E-state index in [0.717, 1.165) is 44.6 Å². The van der Waals surface area contributed by atoms with Crippen LogP contribution in [-0.4, -0.2) is 56.7 Å². The number of benzene rings is 1. The molecule has 0 aliphatic carbocycles. The quantitative estimate of drug-likeness (QED) is 0.430. The van der Waals surface area contributed by atoms with Crippen LogP contribution in [0.1, 0.15) is 31.7 Å². The van der Waals surface area contributed by atoms with Crippen molar-refractivity contribution in [2.75, 3.05) is 39.8 Å². The lowest BCUT2D eigenvalue weighted by Gasteiger charge is -2.32. The first-order chi connectivity index (χ1) is 12.9. The Bertz CT molecular complexity index is 599. The van der Waals surface area contributed by atoms with Crippen LogP contribution < -0.4 is 15.4 Å². The van der Waals surface area contributed by atoms with E-state index < -0.39 is 11.7 Å². The molecule has 0 bridgehead atoms. The molecule has 0 saturated carbocycles. The molecule has 0 spiro atoms. The van der Waals surface area contributed by atoms with Crippen LogP contribution in [-0.2, 0) is 6.18 Å². The second-order valence-corrected chi connectivity index (χ2v) is 6.63. The number of alkyl halides is 3. The molecule has 1 fully saturated rings. The molecule has 27 heavy (non-hydrogen) atoms. The number of nitrogens with one attached hydrogen (secondary N) is 2. The fraction of sp³-hybridized carbons (Fsp3) is 0.632. The molecule has 1 saturated heterocycles. The van der Waals surface area contributed by atoms with Gasteiger partial charge in [-0.05, 0) is 44.0 Å². The van der Waals surface area contributed by atoms with Gasteiger partial charge < -0.3 is 20.3 Å². The largest absolute Gasteiger partial charge is 0.492 e. The normalized spacial score (nSPS) is 17.0. The van der Waals surface area contributed by atoms with Crippen LogP contribution in [0.25, 0.3) is 0 Å². The summed E-state index contributed by atoms with van der Waals surface area (Å²) >= 11 is 0. The van der Waals surface area contributed by atoms with Crippen molar-refractivity contribution in [3.05, 3.63) is 29.8 Å². The van der Waals surface area contributed by atoms with Gasteiger partial charge in [-0.1, -0.05) is 13.0 Å². The second kappa shape index (κ2) is 10.4. The fourth-order valence-corrected chi connectivity index (χ4v) is 3.11. The zero-order valence-electron chi connectivity index (χ0n) is 16.0. The number of hydrogen-bond donors (Lipinski definition) is 2. The van der Waals surface area contributed by atoms with Gasteiger partial charge >= 0.3 is 6.18 Å². The predicted octanol–water partition coefficient (Wildman–Crippen LogP) is 3.12. The van der Waals surface area contributed by atoms with E-state index in [-0.39, 0.29) is 12.4 Å². The second-order valence-electron chi connectivity index (χ2n) is 6.63. The van der Waals surface area contributed by atoms with Crippen molar-refractivity contribution in [1.82, 2.24) is 15.5 Å². The number of nitrogens with zero attached hydrogens (tertiary/aromatic N) is 2. The summed E-state index contributed by atoms with van der Waals surface area (Å²) in [6.45, 7) is 6.20. The van der Waals surface area contributed by atoms with Gasteiger partial charge in [-0.15, -0.1) is 0 Å². The Hall–Kier alpha value is -1.96. The zero-order valence-corrected chi connectivity index (χ0v) is 16.0. The van der Waals surface area contributed by atoms with E-state index in [2.05, 4.69) is 27.4 Å². The lowest BCUT2D eigenvalue weighted by Crippen LogP contribution is -2.49. The molecule has 0 amide bonds. The molecule has 8 heteroatoms. The molecule has 5 nitrogen and oxygen atoms in total. The number of guanidine groups is 1. The van der Waals surface area contributed by atoms with E-state index >= 15 is 0 Å². The summed E-state index contributed by atoms with van der Waals surface area (Å²) in [4.78, 5) is 6.67. The predicted molar refractivity (Wildman–Crippen MR) is 101 cm³/mol. The molecule has 2 N–H and O–H groups in total. The first kappa shape index (κ1) is 21.3. The van der Waals surface area contributed by atoms with Gasteiger partial charge in [-0.25, -0.2) is 0 Å². The molecule has 2 rings (SSSR count). The van der Waals surface area contributed by atoms with E-state index in [0.29, 0.717) is 18.5 Å². The summed E-state index contributed by atoms with van der Waals surface area (Å²) in [6.07, 6.45) is -1.05. The Balaban J connectivity index is 1.70. The molecule has 1 aliphatic rings. The Morgan fingerprint density at radius 2 is 2.04 bits per heavy atom. The third kappa shape index (κ3) is 7.28. The van der Waals surface area contributed by atoms with Crippen molar-refractivity contribution in [3.8, 4) is 5.75 Å². The highest BCUT2D eigenvalue weighted by molar-refractivity contribution is 5.79. The van der Waals surface area contributed by atoms with E-state index in [1.54, 1.807) is 7.05 Å². The highest BCUT2D eigenvalue weighted by Gasteiger charge is 2.30. The van der Waals surface area contributed by atoms with Gasteiger partial charge in [-0.2, -0.15) is 13.2 Å². The maximum atomic E-state index is 12.7. The third-order valence-electron chi connectivity index (χ3n) is 4.52.